The third-order valence-electron chi connectivity index (χ3n) is 3.52. The van der Waals surface area contributed by atoms with Gasteiger partial charge in [0.15, 0.2) is 0 Å². The molecule has 0 amide bonds. The van der Waals surface area contributed by atoms with Gasteiger partial charge in [0.2, 0.25) is 0 Å². The van der Waals surface area contributed by atoms with Crippen LogP contribution in [0.2, 0.25) is 0 Å². The van der Waals surface area contributed by atoms with Crippen LogP contribution >= 0.6 is 0 Å². The second kappa shape index (κ2) is 4.38. The first-order valence-corrected chi connectivity index (χ1v) is 6.14. The van der Waals surface area contributed by atoms with Crippen LogP contribution < -0.4 is 0 Å². The molecule has 1 aromatic carbocycles. The van der Waals surface area contributed by atoms with Gasteiger partial charge in [-0.2, -0.15) is 0 Å². The molecule has 88 valence electrons. The van der Waals surface area contributed by atoms with Gasteiger partial charge in [0.25, 0.3) is 0 Å². The monoisotopic (exact) mass is 228 g/mol. The molecule has 0 saturated carbocycles. The van der Waals surface area contributed by atoms with E-state index < -0.39 is 6.10 Å². The van der Waals surface area contributed by atoms with Crippen LogP contribution in [0.4, 0.5) is 0 Å². The van der Waals surface area contributed by atoms with Gasteiger partial charge in [-0.1, -0.05) is 18.2 Å². The summed E-state index contributed by atoms with van der Waals surface area (Å²) in [7, 11) is 0. The van der Waals surface area contributed by atoms with Crippen molar-refractivity contribution in [2.75, 3.05) is 0 Å². The SMILES string of the molecule is OC(Cc1ccc2c(c1)CCC2)c1ccoc1. The molecule has 0 aliphatic heterocycles. The van der Waals surface area contributed by atoms with Gasteiger partial charge in [-0.15, -0.1) is 0 Å². The third-order valence-corrected chi connectivity index (χ3v) is 3.52. The lowest BCUT2D eigenvalue weighted by Gasteiger charge is -2.09. The topological polar surface area (TPSA) is 33.4 Å². The van der Waals surface area contributed by atoms with Gasteiger partial charge in [0, 0.05) is 12.0 Å². The zero-order valence-electron chi connectivity index (χ0n) is 9.73. The van der Waals surface area contributed by atoms with Gasteiger partial charge in [-0.25, -0.2) is 0 Å². The van der Waals surface area contributed by atoms with Crippen molar-refractivity contribution in [2.45, 2.75) is 31.8 Å². The first-order valence-electron chi connectivity index (χ1n) is 6.14. The molecule has 2 heteroatoms. The van der Waals surface area contributed by atoms with E-state index in [1.807, 2.05) is 6.07 Å². The van der Waals surface area contributed by atoms with Crippen molar-refractivity contribution in [3.8, 4) is 0 Å². The zero-order valence-corrected chi connectivity index (χ0v) is 9.73. The smallest absolute Gasteiger partial charge is 0.0960 e. The molecule has 1 N–H and O–H groups in total. The van der Waals surface area contributed by atoms with Crippen molar-refractivity contribution in [2.24, 2.45) is 0 Å². The van der Waals surface area contributed by atoms with Gasteiger partial charge >= 0.3 is 0 Å². The number of rotatable bonds is 3. The molecule has 1 heterocycles. The number of aliphatic hydroxyl groups excluding tert-OH is 1. The van der Waals surface area contributed by atoms with E-state index in [0.29, 0.717) is 6.42 Å². The van der Waals surface area contributed by atoms with Crippen molar-refractivity contribution in [1.82, 2.24) is 0 Å². The Labute approximate surface area is 101 Å². The van der Waals surface area contributed by atoms with Gasteiger partial charge in [-0.3, -0.25) is 0 Å². The van der Waals surface area contributed by atoms with Crippen molar-refractivity contribution >= 4 is 0 Å². The summed E-state index contributed by atoms with van der Waals surface area (Å²) in [6.45, 7) is 0. The molecule has 1 atom stereocenters. The van der Waals surface area contributed by atoms with E-state index in [4.69, 9.17) is 4.42 Å². The predicted octanol–water partition coefficient (Wildman–Crippen LogP) is 3.04. The summed E-state index contributed by atoms with van der Waals surface area (Å²) in [4.78, 5) is 0. The Balaban J connectivity index is 1.77. The number of fused-ring (bicyclic) bond motifs is 1. The molecule has 0 spiro atoms. The molecule has 2 nitrogen and oxygen atoms in total. The maximum atomic E-state index is 10.1. The molecule has 0 saturated heterocycles. The van der Waals surface area contributed by atoms with Crippen LogP contribution in [-0.2, 0) is 19.3 Å². The Morgan fingerprint density at radius 3 is 2.88 bits per heavy atom. The minimum absolute atomic E-state index is 0.465. The normalized spacial score (nSPS) is 15.8. The summed E-state index contributed by atoms with van der Waals surface area (Å²) in [6.07, 6.45) is 7.06. The van der Waals surface area contributed by atoms with E-state index in [2.05, 4.69) is 18.2 Å². The van der Waals surface area contributed by atoms with Crippen LogP contribution in [0.25, 0.3) is 0 Å². The molecule has 1 aromatic heterocycles. The highest BCUT2D eigenvalue weighted by Gasteiger charge is 2.14. The molecule has 0 fully saturated rings. The lowest BCUT2D eigenvalue weighted by atomic mass is 10.00. The zero-order chi connectivity index (χ0) is 11.7. The van der Waals surface area contributed by atoms with Gasteiger partial charge in [0.05, 0.1) is 18.6 Å². The second-order valence-electron chi connectivity index (χ2n) is 4.73. The van der Waals surface area contributed by atoms with Crippen molar-refractivity contribution in [1.29, 1.82) is 0 Å². The van der Waals surface area contributed by atoms with Gasteiger partial charge in [0.1, 0.15) is 0 Å². The van der Waals surface area contributed by atoms with E-state index in [1.165, 1.54) is 36.0 Å². The Morgan fingerprint density at radius 1 is 1.18 bits per heavy atom. The average Bonchev–Trinajstić information content (AvgIpc) is 2.99. The van der Waals surface area contributed by atoms with Crippen LogP contribution in [-0.4, -0.2) is 5.11 Å². The van der Waals surface area contributed by atoms with Gasteiger partial charge in [-0.05, 0) is 42.0 Å². The highest BCUT2D eigenvalue weighted by molar-refractivity contribution is 5.35. The number of hydrogen-bond donors (Lipinski definition) is 1. The first-order chi connectivity index (χ1) is 8.33. The lowest BCUT2D eigenvalue weighted by Crippen LogP contribution is -2.01. The molecule has 0 radical (unpaired) electrons. The van der Waals surface area contributed by atoms with Crippen LogP contribution in [0.3, 0.4) is 0 Å². The highest BCUT2D eigenvalue weighted by atomic mass is 16.3. The molecule has 1 aliphatic carbocycles. The van der Waals surface area contributed by atoms with Crippen LogP contribution in [0.1, 0.15) is 34.8 Å². The van der Waals surface area contributed by atoms with E-state index in [9.17, 15) is 5.11 Å². The number of aliphatic hydroxyl groups is 1. The molecule has 0 bridgehead atoms. The number of benzene rings is 1. The fourth-order valence-electron chi connectivity index (χ4n) is 2.56. The van der Waals surface area contributed by atoms with Crippen LogP contribution in [0, 0.1) is 0 Å². The lowest BCUT2D eigenvalue weighted by molar-refractivity contribution is 0.177. The van der Waals surface area contributed by atoms with Crippen LogP contribution in [0.15, 0.2) is 41.2 Å². The minimum Gasteiger partial charge on any atom is -0.472 e. The van der Waals surface area contributed by atoms with E-state index in [0.717, 1.165) is 5.56 Å². The quantitative estimate of drug-likeness (QED) is 0.876. The Bertz CT molecular complexity index is 500. The molecular weight excluding hydrogens is 212 g/mol. The Morgan fingerprint density at radius 2 is 2.06 bits per heavy atom. The third kappa shape index (κ3) is 2.13. The molecule has 17 heavy (non-hydrogen) atoms. The summed E-state index contributed by atoms with van der Waals surface area (Å²) in [6, 6.07) is 8.40. The summed E-state index contributed by atoms with van der Waals surface area (Å²) < 4.78 is 4.99. The minimum atomic E-state index is -0.465. The van der Waals surface area contributed by atoms with Crippen molar-refractivity contribution < 1.29 is 9.52 Å². The first kappa shape index (κ1) is 10.6. The molecular formula is C15H16O2. The highest BCUT2D eigenvalue weighted by Crippen LogP contribution is 2.25. The molecule has 3 rings (SSSR count). The number of furan rings is 1. The van der Waals surface area contributed by atoms with Crippen LogP contribution in [0.5, 0.6) is 0 Å². The average molecular weight is 228 g/mol. The van der Waals surface area contributed by atoms with E-state index in [-0.39, 0.29) is 0 Å². The largest absolute Gasteiger partial charge is 0.472 e. The Hall–Kier alpha value is -1.54. The standard InChI is InChI=1S/C15H16O2/c16-15(14-6-7-17-10-14)9-11-4-5-12-2-1-3-13(12)8-11/h4-8,10,15-16H,1-3,9H2. The number of aryl methyl sites for hydroxylation is 2. The Kier molecular flexibility index (Phi) is 2.73. The summed E-state index contributed by atoms with van der Waals surface area (Å²) in [5, 5.41) is 10.1. The van der Waals surface area contributed by atoms with Crippen molar-refractivity contribution in [3.05, 3.63) is 59.0 Å². The van der Waals surface area contributed by atoms with E-state index >= 15 is 0 Å². The summed E-state index contributed by atoms with van der Waals surface area (Å²) >= 11 is 0. The number of hydrogen-bond acceptors (Lipinski definition) is 2. The van der Waals surface area contributed by atoms with Crippen molar-refractivity contribution in [3.63, 3.8) is 0 Å². The summed E-state index contributed by atoms with van der Waals surface area (Å²) in [5.74, 6) is 0. The predicted molar refractivity (Wildman–Crippen MR) is 65.8 cm³/mol. The molecule has 1 aliphatic rings. The maximum absolute atomic E-state index is 10.1. The fourth-order valence-corrected chi connectivity index (χ4v) is 2.56. The molecule has 2 aromatic rings. The maximum Gasteiger partial charge on any atom is 0.0960 e. The second-order valence-corrected chi connectivity index (χ2v) is 4.73. The van der Waals surface area contributed by atoms with Gasteiger partial charge < -0.3 is 9.52 Å². The van der Waals surface area contributed by atoms with E-state index in [1.54, 1.807) is 12.5 Å². The summed E-state index contributed by atoms with van der Waals surface area (Å²) in [5.41, 5.74) is 5.00. The fraction of sp³-hybridized carbons (Fsp3) is 0.333. The molecule has 1 unspecified atom stereocenters.